The van der Waals surface area contributed by atoms with E-state index < -0.39 is 0 Å². The maximum atomic E-state index is 5.97. The van der Waals surface area contributed by atoms with Crippen LogP contribution in [0.3, 0.4) is 0 Å². The van der Waals surface area contributed by atoms with E-state index in [0.29, 0.717) is 5.92 Å². The van der Waals surface area contributed by atoms with Gasteiger partial charge in [-0.15, -0.1) is 5.73 Å². The Hall–Kier alpha value is -0.560. The summed E-state index contributed by atoms with van der Waals surface area (Å²) < 4.78 is 11.7. The zero-order chi connectivity index (χ0) is 10.5. The highest BCUT2D eigenvalue weighted by molar-refractivity contribution is 5.24. The Kier molecular flexibility index (Phi) is 1.91. The average molecular weight is 206 g/mol. The molecule has 0 amide bonds. The predicted octanol–water partition coefficient (Wildman–Crippen LogP) is 2.45. The van der Waals surface area contributed by atoms with Crippen molar-refractivity contribution >= 4 is 0 Å². The van der Waals surface area contributed by atoms with Gasteiger partial charge in [-0.05, 0) is 31.8 Å². The molecule has 2 spiro atoms. The number of rotatable bonds is 1. The van der Waals surface area contributed by atoms with Crippen LogP contribution >= 0.6 is 0 Å². The predicted molar refractivity (Wildman–Crippen MR) is 57.7 cm³/mol. The minimum atomic E-state index is 0.0907. The van der Waals surface area contributed by atoms with Crippen LogP contribution in [0, 0.1) is 5.92 Å². The summed E-state index contributed by atoms with van der Waals surface area (Å²) in [7, 11) is 0. The van der Waals surface area contributed by atoms with Gasteiger partial charge >= 0.3 is 0 Å². The lowest BCUT2D eigenvalue weighted by Gasteiger charge is -2.48. The summed E-state index contributed by atoms with van der Waals surface area (Å²) in [6.45, 7) is 7.63. The van der Waals surface area contributed by atoms with Crippen LogP contribution in [-0.4, -0.2) is 24.4 Å². The average Bonchev–Trinajstić information content (AvgIpc) is 2.88. The molecule has 2 heteroatoms. The molecule has 3 unspecified atom stereocenters. The van der Waals surface area contributed by atoms with E-state index in [2.05, 4.69) is 19.2 Å². The monoisotopic (exact) mass is 206 g/mol. The third-order valence-corrected chi connectivity index (χ3v) is 4.36. The SMILES string of the molecule is C=C=C(C)C1CC12CC1(CCO1)CCO2. The molecule has 0 aromatic rings. The van der Waals surface area contributed by atoms with Crippen LogP contribution in [0.4, 0.5) is 0 Å². The highest BCUT2D eigenvalue weighted by atomic mass is 16.5. The topological polar surface area (TPSA) is 18.5 Å². The Bertz CT molecular complexity index is 336. The lowest BCUT2D eigenvalue weighted by molar-refractivity contribution is -0.215. The van der Waals surface area contributed by atoms with Gasteiger partial charge in [0, 0.05) is 12.3 Å². The van der Waals surface area contributed by atoms with Crippen LogP contribution in [0.15, 0.2) is 17.9 Å². The second kappa shape index (κ2) is 2.98. The van der Waals surface area contributed by atoms with Gasteiger partial charge in [-0.25, -0.2) is 0 Å². The van der Waals surface area contributed by atoms with Crippen molar-refractivity contribution in [1.29, 1.82) is 0 Å². The van der Waals surface area contributed by atoms with Crippen LogP contribution in [0.25, 0.3) is 0 Å². The van der Waals surface area contributed by atoms with E-state index in [1.807, 2.05) is 0 Å². The molecule has 82 valence electrons. The highest BCUT2D eigenvalue weighted by Crippen LogP contribution is 2.59. The molecule has 1 saturated carbocycles. The van der Waals surface area contributed by atoms with Crippen molar-refractivity contribution < 1.29 is 9.47 Å². The van der Waals surface area contributed by atoms with Crippen molar-refractivity contribution in [3.05, 3.63) is 17.9 Å². The van der Waals surface area contributed by atoms with Crippen molar-refractivity contribution in [2.75, 3.05) is 13.2 Å². The smallest absolute Gasteiger partial charge is 0.0789 e. The van der Waals surface area contributed by atoms with Gasteiger partial charge in [-0.3, -0.25) is 0 Å². The molecule has 2 heterocycles. The molecule has 0 aromatic heterocycles. The third kappa shape index (κ3) is 1.32. The molecule has 3 rings (SSSR count). The third-order valence-electron chi connectivity index (χ3n) is 4.36. The maximum absolute atomic E-state index is 5.97. The Labute approximate surface area is 90.9 Å². The van der Waals surface area contributed by atoms with Gasteiger partial charge in [0.25, 0.3) is 0 Å². The molecule has 3 atom stereocenters. The van der Waals surface area contributed by atoms with Crippen molar-refractivity contribution in [2.24, 2.45) is 5.92 Å². The second-order valence-corrected chi connectivity index (χ2v) is 5.24. The van der Waals surface area contributed by atoms with E-state index in [9.17, 15) is 0 Å². The molecule has 0 bridgehead atoms. The second-order valence-electron chi connectivity index (χ2n) is 5.24. The van der Waals surface area contributed by atoms with E-state index in [-0.39, 0.29) is 11.2 Å². The normalized spacial score (nSPS) is 47.4. The minimum absolute atomic E-state index is 0.0907. The first-order valence-electron chi connectivity index (χ1n) is 5.84. The lowest BCUT2D eigenvalue weighted by Crippen LogP contribution is -2.52. The van der Waals surface area contributed by atoms with Gasteiger partial charge in [0.15, 0.2) is 0 Å². The molecule has 3 fully saturated rings. The van der Waals surface area contributed by atoms with Gasteiger partial charge in [0.05, 0.1) is 24.4 Å². The van der Waals surface area contributed by atoms with E-state index in [0.717, 1.165) is 32.5 Å². The fourth-order valence-corrected chi connectivity index (χ4v) is 3.16. The molecular weight excluding hydrogens is 188 g/mol. The van der Waals surface area contributed by atoms with E-state index in [1.165, 1.54) is 12.0 Å². The van der Waals surface area contributed by atoms with Gasteiger partial charge in [-0.1, -0.05) is 6.58 Å². The molecule has 2 aliphatic heterocycles. The summed E-state index contributed by atoms with van der Waals surface area (Å²) in [5.41, 5.74) is 4.53. The molecule has 0 aromatic carbocycles. The molecule has 0 radical (unpaired) electrons. The highest BCUT2D eigenvalue weighted by Gasteiger charge is 2.63. The van der Waals surface area contributed by atoms with Gasteiger partial charge < -0.3 is 9.47 Å². The van der Waals surface area contributed by atoms with Crippen molar-refractivity contribution in [3.8, 4) is 0 Å². The largest absolute Gasteiger partial charge is 0.375 e. The minimum Gasteiger partial charge on any atom is -0.375 e. The van der Waals surface area contributed by atoms with E-state index in [4.69, 9.17) is 9.47 Å². The molecule has 2 nitrogen and oxygen atoms in total. The standard InChI is InChI=1S/C13H18O2/c1-3-10(2)11-8-13(11)9-12(4-6-14-12)5-7-15-13/h11H,1,4-9H2,2H3. The lowest BCUT2D eigenvalue weighted by atomic mass is 9.81. The molecule has 1 aliphatic carbocycles. The first-order chi connectivity index (χ1) is 7.20. The maximum Gasteiger partial charge on any atom is 0.0789 e. The Morgan fingerprint density at radius 2 is 2.07 bits per heavy atom. The first kappa shape index (κ1) is 9.65. The summed E-state index contributed by atoms with van der Waals surface area (Å²) in [5.74, 6) is 0.552. The summed E-state index contributed by atoms with van der Waals surface area (Å²) in [5, 5.41) is 0. The van der Waals surface area contributed by atoms with E-state index in [1.54, 1.807) is 0 Å². The Balaban J connectivity index is 1.76. The Morgan fingerprint density at radius 3 is 2.67 bits per heavy atom. The van der Waals surface area contributed by atoms with Crippen molar-refractivity contribution in [3.63, 3.8) is 0 Å². The molecule has 0 N–H and O–H groups in total. The summed E-state index contributed by atoms with van der Waals surface area (Å²) in [4.78, 5) is 0. The van der Waals surface area contributed by atoms with Crippen LogP contribution in [0.1, 0.15) is 32.6 Å². The van der Waals surface area contributed by atoms with Gasteiger partial charge in [-0.2, -0.15) is 0 Å². The molecular formula is C13H18O2. The van der Waals surface area contributed by atoms with Crippen LogP contribution < -0.4 is 0 Å². The quantitative estimate of drug-likeness (QED) is 0.613. The van der Waals surface area contributed by atoms with E-state index >= 15 is 0 Å². The van der Waals surface area contributed by atoms with Crippen LogP contribution in [0.5, 0.6) is 0 Å². The van der Waals surface area contributed by atoms with Crippen molar-refractivity contribution in [2.45, 2.75) is 43.8 Å². The van der Waals surface area contributed by atoms with Crippen molar-refractivity contribution in [1.82, 2.24) is 0 Å². The zero-order valence-corrected chi connectivity index (χ0v) is 9.34. The summed E-state index contributed by atoms with van der Waals surface area (Å²) in [6.07, 6.45) is 4.54. The fourth-order valence-electron chi connectivity index (χ4n) is 3.16. The first-order valence-corrected chi connectivity index (χ1v) is 5.84. The van der Waals surface area contributed by atoms with Crippen LogP contribution in [0.2, 0.25) is 0 Å². The van der Waals surface area contributed by atoms with Gasteiger partial charge in [0.2, 0.25) is 0 Å². The summed E-state index contributed by atoms with van der Waals surface area (Å²) in [6, 6.07) is 0. The Morgan fingerprint density at radius 1 is 1.33 bits per heavy atom. The number of hydrogen-bond donors (Lipinski definition) is 0. The van der Waals surface area contributed by atoms with Crippen LogP contribution in [-0.2, 0) is 9.47 Å². The molecule has 2 saturated heterocycles. The number of ether oxygens (including phenoxy) is 2. The zero-order valence-electron chi connectivity index (χ0n) is 9.34. The summed E-state index contributed by atoms with van der Waals surface area (Å²) >= 11 is 0. The van der Waals surface area contributed by atoms with Gasteiger partial charge in [0.1, 0.15) is 0 Å². The number of hydrogen-bond acceptors (Lipinski definition) is 2. The fraction of sp³-hybridized carbons (Fsp3) is 0.769. The molecule has 3 aliphatic rings. The molecule has 15 heavy (non-hydrogen) atoms.